The molecule has 29 heavy (non-hydrogen) atoms. The van der Waals surface area contributed by atoms with Crippen molar-refractivity contribution in [2.24, 2.45) is 0 Å². The standard InChI is InChI=1S/C21H17N3O3S2/c1-14-6-5-9-17(12-14)29(26,27)24-16-10-11-18-19(13-16)28-21(22-18)23-20(25)15-7-3-2-4-8-15/h2-13,24H,1H3,(H,22,23,25). The molecule has 0 aliphatic rings. The second kappa shape index (κ2) is 7.65. The van der Waals surface area contributed by atoms with Crippen molar-refractivity contribution in [3.63, 3.8) is 0 Å². The summed E-state index contributed by atoms with van der Waals surface area (Å²) in [5.41, 5.74) is 2.52. The lowest BCUT2D eigenvalue weighted by Crippen LogP contribution is -2.12. The number of hydrogen-bond donors (Lipinski definition) is 2. The highest BCUT2D eigenvalue weighted by molar-refractivity contribution is 7.92. The van der Waals surface area contributed by atoms with Crippen LogP contribution < -0.4 is 10.0 Å². The van der Waals surface area contributed by atoms with Crippen molar-refractivity contribution < 1.29 is 13.2 Å². The highest BCUT2D eigenvalue weighted by atomic mass is 32.2. The van der Waals surface area contributed by atoms with Crippen LogP contribution in [0.3, 0.4) is 0 Å². The Kier molecular flexibility index (Phi) is 5.04. The minimum Gasteiger partial charge on any atom is -0.298 e. The summed E-state index contributed by atoms with van der Waals surface area (Å²) < 4.78 is 28.6. The zero-order valence-corrected chi connectivity index (χ0v) is 17.0. The van der Waals surface area contributed by atoms with Crippen molar-refractivity contribution in [2.45, 2.75) is 11.8 Å². The Hall–Kier alpha value is -3.23. The summed E-state index contributed by atoms with van der Waals surface area (Å²) in [6.45, 7) is 1.84. The lowest BCUT2D eigenvalue weighted by atomic mass is 10.2. The molecule has 1 heterocycles. The molecule has 6 nitrogen and oxygen atoms in total. The van der Waals surface area contributed by atoms with Gasteiger partial charge >= 0.3 is 0 Å². The number of rotatable bonds is 5. The third-order valence-electron chi connectivity index (χ3n) is 4.20. The van der Waals surface area contributed by atoms with Crippen LogP contribution in [0.2, 0.25) is 0 Å². The van der Waals surface area contributed by atoms with E-state index in [1.54, 1.807) is 60.7 Å². The average molecular weight is 424 g/mol. The number of amides is 1. The summed E-state index contributed by atoms with van der Waals surface area (Å²) in [5.74, 6) is -0.245. The lowest BCUT2D eigenvalue weighted by molar-refractivity contribution is 0.102. The van der Waals surface area contributed by atoms with Crippen LogP contribution in [-0.2, 0) is 10.0 Å². The molecular weight excluding hydrogens is 406 g/mol. The molecule has 0 saturated heterocycles. The molecule has 3 aromatic carbocycles. The van der Waals surface area contributed by atoms with Crippen molar-refractivity contribution in [3.8, 4) is 0 Å². The zero-order valence-electron chi connectivity index (χ0n) is 15.4. The van der Waals surface area contributed by atoms with Gasteiger partial charge in [-0.05, 0) is 55.0 Å². The van der Waals surface area contributed by atoms with Gasteiger partial charge in [-0.25, -0.2) is 13.4 Å². The molecule has 0 bridgehead atoms. The molecule has 0 aliphatic heterocycles. The topological polar surface area (TPSA) is 88.2 Å². The van der Waals surface area contributed by atoms with Gasteiger partial charge in [-0.3, -0.25) is 14.8 Å². The van der Waals surface area contributed by atoms with Gasteiger partial charge in [-0.15, -0.1) is 0 Å². The fourth-order valence-corrected chi connectivity index (χ4v) is 4.85. The molecule has 1 aromatic heterocycles. The van der Waals surface area contributed by atoms with Crippen LogP contribution in [0.1, 0.15) is 15.9 Å². The van der Waals surface area contributed by atoms with Crippen molar-refractivity contribution in [1.82, 2.24) is 4.98 Å². The number of benzene rings is 3. The van der Waals surface area contributed by atoms with E-state index >= 15 is 0 Å². The van der Waals surface area contributed by atoms with Gasteiger partial charge in [0.05, 0.1) is 20.8 Å². The Bertz CT molecular complexity index is 1300. The number of aromatic nitrogens is 1. The van der Waals surface area contributed by atoms with Gasteiger partial charge in [0, 0.05) is 5.56 Å². The molecule has 0 atom stereocenters. The summed E-state index contributed by atoms with van der Waals surface area (Å²) in [4.78, 5) is 16.9. The summed E-state index contributed by atoms with van der Waals surface area (Å²) in [6.07, 6.45) is 0. The molecule has 0 aliphatic carbocycles. The highest BCUT2D eigenvalue weighted by Crippen LogP contribution is 2.29. The summed E-state index contributed by atoms with van der Waals surface area (Å²) in [7, 11) is -3.69. The molecule has 146 valence electrons. The minimum atomic E-state index is -3.69. The number of carbonyl (C=O) groups is 1. The number of anilines is 2. The number of hydrogen-bond acceptors (Lipinski definition) is 5. The normalized spacial score (nSPS) is 11.3. The van der Waals surface area contributed by atoms with E-state index in [9.17, 15) is 13.2 Å². The van der Waals surface area contributed by atoms with Gasteiger partial charge in [0.25, 0.3) is 15.9 Å². The fraction of sp³-hybridized carbons (Fsp3) is 0.0476. The van der Waals surface area contributed by atoms with Crippen LogP contribution in [0.15, 0.2) is 77.7 Å². The van der Waals surface area contributed by atoms with Gasteiger partial charge < -0.3 is 0 Å². The molecule has 0 radical (unpaired) electrons. The Labute approximate surface area is 172 Å². The average Bonchev–Trinajstić information content (AvgIpc) is 3.10. The minimum absolute atomic E-state index is 0.206. The van der Waals surface area contributed by atoms with Crippen LogP contribution in [0.25, 0.3) is 10.2 Å². The van der Waals surface area contributed by atoms with Crippen LogP contribution in [0.4, 0.5) is 10.8 Å². The predicted octanol–water partition coefficient (Wildman–Crippen LogP) is 4.66. The maximum Gasteiger partial charge on any atom is 0.261 e. The second-order valence-corrected chi connectivity index (χ2v) is 9.16. The first-order valence-corrected chi connectivity index (χ1v) is 11.1. The smallest absolute Gasteiger partial charge is 0.261 e. The number of fused-ring (bicyclic) bond motifs is 1. The molecule has 4 aromatic rings. The first kappa shape index (κ1) is 19.1. The molecule has 0 saturated carbocycles. The monoisotopic (exact) mass is 423 g/mol. The Morgan fingerprint density at radius 2 is 1.76 bits per heavy atom. The first-order chi connectivity index (χ1) is 13.9. The van der Waals surface area contributed by atoms with E-state index in [2.05, 4.69) is 15.0 Å². The lowest BCUT2D eigenvalue weighted by Gasteiger charge is -2.08. The SMILES string of the molecule is Cc1cccc(S(=O)(=O)Nc2ccc3nc(NC(=O)c4ccccc4)sc3c2)c1. The summed E-state index contributed by atoms with van der Waals surface area (Å²) in [6, 6.07) is 20.7. The number of nitrogens with zero attached hydrogens (tertiary/aromatic N) is 1. The van der Waals surface area contributed by atoms with Crippen molar-refractivity contribution in [3.05, 3.63) is 83.9 Å². The quantitative estimate of drug-likeness (QED) is 0.489. The summed E-state index contributed by atoms with van der Waals surface area (Å²) in [5, 5.41) is 3.23. The number of sulfonamides is 1. The van der Waals surface area contributed by atoms with E-state index in [1.807, 2.05) is 19.1 Å². The van der Waals surface area contributed by atoms with Crippen LogP contribution in [0, 0.1) is 6.92 Å². The van der Waals surface area contributed by atoms with E-state index in [0.29, 0.717) is 21.9 Å². The molecule has 4 rings (SSSR count). The highest BCUT2D eigenvalue weighted by Gasteiger charge is 2.15. The summed E-state index contributed by atoms with van der Waals surface area (Å²) >= 11 is 1.28. The van der Waals surface area contributed by atoms with Crippen LogP contribution in [0.5, 0.6) is 0 Å². The number of carbonyl (C=O) groups excluding carboxylic acids is 1. The van der Waals surface area contributed by atoms with E-state index in [1.165, 1.54) is 11.3 Å². The Balaban J connectivity index is 1.56. The van der Waals surface area contributed by atoms with Gasteiger partial charge in [-0.2, -0.15) is 0 Å². The predicted molar refractivity (Wildman–Crippen MR) is 116 cm³/mol. The largest absolute Gasteiger partial charge is 0.298 e. The van der Waals surface area contributed by atoms with Crippen molar-refractivity contribution in [1.29, 1.82) is 0 Å². The van der Waals surface area contributed by atoms with Crippen LogP contribution >= 0.6 is 11.3 Å². The van der Waals surface area contributed by atoms with Crippen molar-refractivity contribution in [2.75, 3.05) is 10.0 Å². The Morgan fingerprint density at radius 1 is 0.966 bits per heavy atom. The van der Waals surface area contributed by atoms with E-state index in [0.717, 1.165) is 10.3 Å². The van der Waals surface area contributed by atoms with E-state index in [-0.39, 0.29) is 10.8 Å². The molecule has 0 unspecified atom stereocenters. The van der Waals surface area contributed by atoms with Gasteiger partial charge in [0.15, 0.2) is 5.13 Å². The number of aryl methyl sites for hydroxylation is 1. The van der Waals surface area contributed by atoms with E-state index in [4.69, 9.17) is 0 Å². The van der Waals surface area contributed by atoms with Crippen molar-refractivity contribution >= 4 is 48.3 Å². The molecule has 0 spiro atoms. The second-order valence-electron chi connectivity index (χ2n) is 6.44. The molecular formula is C21H17N3O3S2. The number of nitrogens with one attached hydrogen (secondary N) is 2. The molecule has 1 amide bonds. The van der Waals surface area contributed by atoms with Crippen LogP contribution in [-0.4, -0.2) is 19.3 Å². The first-order valence-electron chi connectivity index (χ1n) is 8.77. The third kappa shape index (κ3) is 4.28. The molecule has 2 N–H and O–H groups in total. The maximum atomic E-state index is 12.6. The van der Waals surface area contributed by atoms with E-state index < -0.39 is 10.0 Å². The maximum absolute atomic E-state index is 12.6. The van der Waals surface area contributed by atoms with Gasteiger partial charge in [0.1, 0.15) is 0 Å². The number of thiazole rings is 1. The molecule has 8 heteroatoms. The Morgan fingerprint density at radius 3 is 2.52 bits per heavy atom. The van der Waals surface area contributed by atoms with Gasteiger partial charge in [-0.1, -0.05) is 41.7 Å². The molecule has 0 fully saturated rings. The van der Waals surface area contributed by atoms with Gasteiger partial charge in [0.2, 0.25) is 0 Å². The third-order valence-corrected chi connectivity index (χ3v) is 6.51. The fourth-order valence-electron chi connectivity index (χ4n) is 2.80. The zero-order chi connectivity index (χ0) is 20.4.